The topological polar surface area (TPSA) is 15.3 Å². The zero-order chi connectivity index (χ0) is 14.6. The molecular weight excluding hydrogens is 312 g/mol. The summed E-state index contributed by atoms with van der Waals surface area (Å²) in [7, 11) is 0. The van der Waals surface area contributed by atoms with E-state index in [0.717, 1.165) is 24.1 Å². The van der Waals surface area contributed by atoms with Crippen LogP contribution >= 0.6 is 15.9 Å². The summed E-state index contributed by atoms with van der Waals surface area (Å²) >= 11 is 3.51. The summed E-state index contributed by atoms with van der Waals surface area (Å²) < 4.78 is 1.16. The largest absolute Gasteiger partial charge is 0.309 e. The molecule has 2 atom stereocenters. The van der Waals surface area contributed by atoms with Crippen LogP contribution in [0.4, 0.5) is 0 Å². The first-order valence-corrected chi connectivity index (χ1v) is 8.59. The second-order valence-corrected chi connectivity index (χ2v) is 7.18. The average Bonchev–Trinajstić information content (AvgIpc) is 2.45. The fourth-order valence-corrected chi connectivity index (χ4v) is 3.25. The minimum Gasteiger partial charge on any atom is -0.309 e. The van der Waals surface area contributed by atoms with Crippen molar-refractivity contribution in [1.82, 2.24) is 10.2 Å². The molecule has 0 spiro atoms. The minimum atomic E-state index is 0.263. The third-order valence-corrected chi connectivity index (χ3v) is 5.06. The second kappa shape index (κ2) is 7.06. The van der Waals surface area contributed by atoms with E-state index in [4.69, 9.17) is 0 Å². The van der Waals surface area contributed by atoms with Gasteiger partial charge in [0.15, 0.2) is 0 Å². The summed E-state index contributed by atoms with van der Waals surface area (Å²) in [5, 5.41) is 3.76. The Morgan fingerprint density at radius 1 is 1.30 bits per heavy atom. The van der Waals surface area contributed by atoms with E-state index in [-0.39, 0.29) is 5.54 Å². The third-order valence-electron chi connectivity index (χ3n) is 4.53. The highest BCUT2D eigenvalue weighted by atomic mass is 79.9. The van der Waals surface area contributed by atoms with Crippen LogP contribution in [0.2, 0.25) is 0 Å². The van der Waals surface area contributed by atoms with Gasteiger partial charge in [0, 0.05) is 35.7 Å². The van der Waals surface area contributed by atoms with Crippen LogP contribution in [0.3, 0.4) is 0 Å². The molecule has 1 aliphatic heterocycles. The van der Waals surface area contributed by atoms with Gasteiger partial charge in [0.2, 0.25) is 0 Å². The van der Waals surface area contributed by atoms with Crippen LogP contribution in [0.25, 0.3) is 0 Å². The average molecular weight is 339 g/mol. The number of nitrogens with one attached hydrogen (secondary N) is 1. The van der Waals surface area contributed by atoms with Crippen LogP contribution in [0.15, 0.2) is 28.7 Å². The van der Waals surface area contributed by atoms with Gasteiger partial charge in [0.1, 0.15) is 0 Å². The number of piperazine rings is 1. The van der Waals surface area contributed by atoms with Crippen molar-refractivity contribution in [1.29, 1.82) is 0 Å². The molecule has 0 radical (unpaired) electrons. The zero-order valence-corrected chi connectivity index (χ0v) is 14.5. The maximum absolute atomic E-state index is 3.76. The Balaban J connectivity index is 2.08. The molecule has 2 nitrogen and oxygen atoms in total. The standard InChI is InChI=1S/C17H27BrN2/c1-4-6-16-11-19-17(3,5-2)13-20(16)12-14-7-9-15(18)10-8-14/h7-10,16,19H,4-6,11-13H2,1-3H3. The van der Waals surface area contributed by atoms with Gasteiger partial charge < -0.3 is 5.32 Å². The molecule has 1 aromatic carbocycles. The fourth-order valence-electron chi connectivity index (χ4n) is 2.99. The summed E-state index contributed by atoms with van der Waals surface area (Å²) in [5.74, 6) is 0. The molecule has 2 rings (SSSR count). The lowest BCUT2D eigenvalue weighted by atomic mass is 9.92. The molecule has 1 saturated heterocycles. The lowest BCUT2D eigenvalue weighted by Gasteiger charge is -2.46. The third kappa shape index (κ3) is 4.06. The molecule has 1 aliphatic rings. The number of halogens is 1. The van der Waals surface area contributed by atoms with Gasteiger partial charge in [-0.1, -0.05) is 48.3 Å². The molecule has 1 N–H and O–H groups in total. The summed E-state index contributed by atoms with van der Waals surface area (Å²) in [5.41, 5.74) is 1.68. The molecule has 0 bridgehead atoms. The van der Waals surface area contributed by atoms with Crippen LogP contribution in [0.5, 0.6) is 0 Å². The SMILES string of the molecule is CCCC1CNC(C)(CC)CN1Cc1ccc(Br)cc1. The van der Waals surface area contributed by atoms with E-state index in [1.54, 1.807) is 0 Å². The maximum Gasteiger partial charge on any atom is 0.0278 e. The lowest BCUT2D eigenvalue weighted by Crippen LogP contribution is -2.62. The first-order valence-electron chi connectivity index (χ1n) is 7.80. The Morgan fingerprint density at radius 3 is 2.60 bits per heavy atom. The molecule has 1 fully saturated rings. The van der Waals surface area contributed by atoms with Crippen molar-refractivity contribution in [2.45, 2.75) is 58.2 Å². The van der Waals surface area contributed by atoms with Crippen LogP contribution in [0, 0.1) is 0 Å². The summed E-state index contributed by atoms with van der Waals surface area (Å²) in [6.45, 7) is 10.2. The molecule has 1 heterocycles. The smallest absolute Gasteiger partial charge is 0.0278 e. The Bertz CT molecular complexity index is 418. The Labute approximate surface area is 132 Å². The van der Waals surface area contributed by atoms with Crippen molar-refractivity contribution in [3.05, 3.63) is 34.3 Å². The van der Waals surface area contributed by atoms with Crippen molar-refractivity contribution >= 4 is 15.9 Å². The number of hydrogen-bond donors (Lipinski definition) is 1. The van der Waals surface area contributed by atoms with Gasteiger partial charge in [-0.15, -0.1) is 0 Å². The molecular formula is C17H27BrN2. The molecule has 0 amide bonds. The van der Waals surface area contributed by atoms with Crippen LogP contribution in [0.1, 0.15) is 45.6 Å². The Kier molecular flexibility index (Phi) is 5.65. The molecule has 0 aliphatic carbocycles. The first-order chi connectivity index (χ1) is 9.56. The number of rotatable bonds is 5. The van der Waals surface area contributed by atoms with Gasteiger partial charge in [-0.3, -0.25) is 4.90 Å². The molecule has 3 heteroatoms. The van der Waals surface area contributed by atoms with E-state index in [1.165, 1.54) is 24.8 Å². The van der Waals surface area contributed by atoms with E-state index in [9.17, 15) is 0 Å². The monoisotopic (exact) mass is 338 g/mol. The number of benzene rings is 1. The molecule has 1 aromatic rings. The summed E-state index contributed by atoms with van der Waals surface area (Å²) in [6, 6.07) is 9.43. The highest BCUT2D eigenvalue weighted by Crippen LogP contribution is 2.23. The van der Waals surface area contributed by atoms with Gasteiger partial charge in [0.05, 0.1) is 0 Å². The van der Waals surface area contributed by atoms with Crippen molar-refractivity contribution < 1.29 is 0 Å². The van der Waals surface area contributed by atoms with Gasteiger partial charge in [-0.2, -0.15) is 0 Å². The van der Waals surface area contributed by atoms with Crippen LogP contribution in [-0.4, -0.2) is 29.6 Å². The predicted octanol–water partition coefficient (Wildman–Crippen LogP) is 4.19. The van der Waals surface area contributed by atoms with E-state index in [2.05, 4.69) is 71.2 Å². The predicted molar refractivity (Wildman–Crippen MR) is 89.9 cm³/mol. The van der Waals surface area contributed by atoms with E-state index >= 15 is 0 Å². The van der Waals surface area contributed by atoms with Gasteiger partial charge in [-0.05, 0) is 37.5 Å². The molecule has 112 valence electrons. The Morgan fingerprint density at radius 2 is 2.00 bits per heavy atom. The van der Waals surface area contributed by atoms with E-state index in [0.29, 0.717) is 6.04 Å². The number of nitrogens with zero attached hydrogens (tertiary/aromatic N) is 1. The van der Waals surface area contributed by atoms with Crippen molar-refractivity contribution in [3.63, 3.8) is 0 Å². The summed E-state index contributed by atoms with van der Waals surface area (Å²) in [6.07, 6.45) is 3.72. The molecule has 0 aromatic heterocycles. The minimum absolute atomic E-state index is 0.263. The Hall–Kier alpha value is -0.380. The van der Waals surface area contributed by atoms with Crippen LogP contribution < -0.4 is 5.32 Å². The normalized spacial score (nSPS) is 27.7. The molecule has 0 saturated carbocycles. The van der Waals surface area contributed by atoms with E-state index in [1.807, 2.05) is 0 Å². The van der Waals surface area contributed by atoms with E-state index < -0.39 is 0 Å². The first kappa shape index (κ1) is 16.0. The van der Waals surface area contributed by atoms with Gasteiger partial charge >= 0.3 is 0 Å². The second-order valence-electron chi connectivity index (χ2n) is 6.27. The van der Waals surface area contributed by atoms with Gasteiger partial charge in [0.25, 0.3) is 0 Å². The highest BCUT2D eigenvalue weighted by Gasteiger charge is 2.33. The van der Waals surface area contributed by atoms with Gasteiger partial charge in [-0.25, -0.2) is 0 Å². The highest BCUT2D eigenvalue weighted by molar-refractivity contribution is 9.10. The quantitative estimate of drug-likeness (QED) is 0.865. The van der Waals surface area contributed by atoms with Crippen molar-refractivity contribution in [2.24, 2.45) is 0 Å². The maximum atomic E-state index is 3.76. The number of hydrogen-bond acceptors (Lipinski definition) is 2. The lowest BCUT2D eigenvalue weighted by molar-refractivity contribution is 0.0726. The van der Waals surface area contributed by atoms with Crippen molar-refractivity contribution in [2.75, 3.05) is 13.1 Å². The van der Waals surface area contributed by atoms with Crippen molar-refractivity contribution in [3.8, 4) is 0 Å². The summed E-state index contributed by atoms with van der Waals surface area (Å²) in [4.78, 5) is 2.67. The zero-order valence-electron chi connectivity index (χ0n) is 13.0. The van der Waals surface area contributed by atoms with Crippen LogP contribution in [-0.2, 0) is 6.54 Å². The molecule has 20 heavy (non-hydrogen) atoms. The fraction of sp³-hybridized carbons (Fsp3) is 0.647. The molecule has 2 unspecified atom stereocenters.